The molecule has 0 N–H and O–H groups in total. The van der Waals surface area contributed by atoms with Crippen molar-refractivity contribution >= 4 is 35.0 Å². The number of aromatic nitrogens is 1. The second-order valence-electron chi connectivity index (χ2n) is 10.7. The summed E-state index contributed by atoms with van der Waals surface area (Å²) in [6.45, 7) is 11.8. The van der Waals surface area contributed by atoms with Crippen LogP contribution in [0.5, 0.6) is 11.5 Å². The SMILES string of the molecule is C=CCc1cc(/C=c2/sc3n(c2=O)[C@@H](c2ccccc2OC(C)C)C(C(=O)OCC)=C(C)N=3)ccc1OCc1ccccc1Cl. The monoisotopic (exact) mass is 642 g/mol. The molecule has 0 fully saturated rings. The summed E-state index contributed by atoms with van der Waals surface area (Å²) < 4.78 is 19.8. The van der Waals surface area contributed by atoms with E-state index in [1.54, 1.807) is 18.4 Å². The highest BCUT2D eigenvalue weighted by Crippen LogP contribution is 2.36. The zero-order valence-corrected chi connectivity index (χ0v) is 27.3. The fourth-order valence-electron chi connectivity index (χ4n) is 5.22. The summed E-state index contributed by atoms with van der Waals surface area (Å²) in [5.41, 5.74) is 3.87. The first-order valence-corrected chi connectivity index (χ1v) is 16.0. The number of hydrogen-bond donors (Lipinski definition) is 0. The lowest BCUT2D eigenvalue weighted by atomic mass is 9.95. The van der Waals surface area contributed by atoms with E-state index in [1.165, 1.54) is 11.3 Å². The molecule has 0 spiro atoms. The lowest BCUT2D eigenvalue weighted by Crippen LogP contribution is -2.40. The van der Waals surface area contributed by atoms with E-state index >= 15 is 0 Å². The molecule has 1 aliphatic heterocycles. The Morgan fingerprint density at radius 2 is 1.84 bits per heavy atom. The van der Waals surface area contributed by atoms with Crippen LogP contribution in [0.2, 0.25) is 5.02 Å². The molecule has 1 aromatic heterocycles. The van der Waals surface area contributed by atoms with Crippen LogP contribution >= 0.6 is 22.9 Å². The molecule has 7 nitrogen and oxygen atoms in total. The van der Waals surface area contributed by atoms with Gasteiger partial charge in [0.25, 0.3) is 5.56 Å². The summed E-state index contributed by atoms with van der Waals surface area (Å²) in [4.78, 5) is 32.6. The van der Waals surface area contributed by atoms with Crippen LogP contribution < -0.4 is 24.4 Å². The van der Waals surface area contributed by atoms with Gasteiger partial charge >= 0.3 is 5.97 Å². The van der Waals surface area contributed by atoms with Crippen LogP contribution in [-0.2, 0) is 22.6 Å². The minimum atomic E-state index is -0.769. The van der Waals surface area contributed by atoms with E-state index in [-0.39, 0.29) is 18.3 Å². The van der Waals surface area contributed by atoms with Gasteiger partial charge in [0.15, 0.2) is 4.80 Å². The fourth-order valence-corrected chi connectivity index (χ4v) is 6.46. The van der Waals surface area contributed by atoms with Crippen LogP contribution in [0, 0.1) is 0 Å². The fraction of sp³-hybridized carbons (Fsp3) is 0.250. The molecule has 1 aliphatic rings. The molecule has 0 bridgehead atoms. The molecule has 45 heavy (non-hydrogen) atoms. The highest BCUT2D eigenvalue weighted by atomic mass is 35.5. The highest BCUT2D eigenvalue weighted by molar-refractivity contribution is 7.07. The van der Waals surface area contributed by atoms with Crippen molar-refractivity contribution in [1.82, 2.24) is 4.57 Å². The third-order valence-electron chi connectivity index (χ3n) is 7.18. The summed E-state index contributed by atoms with van der Waals surface area (Å²) in [5, 5.41) is 0.646. The van der Waals surface area contributed by atoms with Crippen LogP contribution in [0.25, 0.3) is 6.08 Å². The van der Waals surface area contributed by atoms with E-state index in [4.69, 9.17) is 30.8 Å². The van der Waals surface area contributed by atoms with Crippen molar-refractivity contribution in [2.75, 3.05) is 6.61 Å². The molecule has 232 valence electrons. The topological polar surface area (TPSA) is 79.1 Å². The van der Waals surface area contributed by atoms with Crippen molar-refractivity contribution in [2.24, 2.45) is 4.99 Å². The Labute approximate surface area is 271 Å². The number of nitrogens with zero attached hydrogens (tertiary/aromatic N) is 2. The molecule has 0 saturated heterocycles. The lowest BCUT2D eigenvalue weighted by Gasteiger charge is -2.26. The van der Waals surface area contributed by atoms with Crippen LogP contribution in [0.1, 0.15) is 56.0 Å². The largest absolute Gasteiger partial charge is 0.491 e. The normalized spacial score (nSPS) is 14.6. The van der Waals surface area contributed by atoms with Gasteiger partial charge in [-0.05, 0) is 75.6 Å². The van der Waals surface area contributed by atoms with Crippen molar-refractivity contribution in [3.63, 3.8) is 0 Å². The van der Waals surface area contributed by atoms with Crippen molar-refractivity contribution in [1.29, 1.82) is 0 Å². The molecular weight excluding hydrogens is 608 g/mol. The maximum absolute atomic E-state index is 14.1. The maximum Gasteiger partial charge on any atom is 0.338 e. The predicted molar refractivity (Wildman–Crippen MR) is 179 cm³/mol. The number of carbonyl (C=O) groups excluding carboxylic acids is 1. The van der Waals surface area contributed by atoms with Gasteiger partial charge in [0.2, 0.25) is 0 Å². The second-order valence-corrected chi connectivity index (χ2v) is 12.2. The number of carbonyl (C=O) groups is 1. The minimum Gasteiger partial charge on any atom is -0.491 e. The smallest absolute Gasteiger partial charge is 0.338 e. The number of fused-ring (bicyclic) bond motifs is 1. The van der Waals surface area contributed by atoms with Gasteiger partial charge < -0.3 is 14.2 Å². The molecule has 4 aromatic rings. The molecule has 1 atom stereocenters. The van der Waals surface area contributed by atoms with Gasteiger partial charge in [-0.1, -0.05) is 71.5 Å². The van der Waals surface area contributed by atoms with E-state index in [2.05, 4.69) is 6.58 Å². The summed E-state index contributed by atoms with van der Waals surface area (Å²) in [6.07, 6.45) is 4.12. The Morgan fingerprint density at radius 1 is 1.09 bits per heavy atom. The molecule has 0 radical (unpaired) electrons. The molecule has 0 unspecified atom stereocenters. The number of thiazole rings is 1. The second kappa shape index (κ2) is 14.1. The number of benzene rings is 3. The third kappa shape index (κ3) is 6.97. The number of para-hydroxylation sites is 1. The Hall–Kier alpha value is -4.40. The lowest BCUT2D eigenvalue weighted by molar-refractivity contribution is -0.139. The van der Waals surface area contributed by atoms with Crippen LogP contribution in [0.4, 0.5) is 0 Å². The first-order chi connectivity index (χ1) is 21.7. The van der Waals surface area contributed by atoms with E-state index in [0.29, 0.717) is 55.7 Å². The Balaban J connectivity index is 1.59. The zero-order chi connectivity index (χ0) is 32.1. The molecule has 0 amide bonds. The standard InChI is InChI=1S/C36H35ClN2O5S/c1-6-12-25-19-24(17-18-29(25)43-21-26-13-8-10-15-28(26)37)20-31-34(40)39-33(27-14-9-11-16-30(27)44-22(3)4)32(35(41)42-7-2)23(5)38-36(39)45-31/h6,8-11,13-20,22,33H,1,7,12,21H2,2-5H3/b31-20+/t33-/m0/s1. The van der Waals surface area contributed by atoms with Gasteiger partial charge in [-0.2, -0.15) is 0 Å². The number of halogens is 1. The van der Waals surface area contributed by atoms with Gasteiger partial charge in [0.05, 0.1) is 28.5 Å². The molecule has 2 heterocycles. The van der Waals surface area contributed by atoms with Crippen LogP contribution in [0.15, 0.2) is 100 Å². The van der Waals surface area contributed by atoms with Crippen molar-refractivity contribution in [3.05, 3.63) is 138 Å². The molecular formula is C36H35ClN2O5S. The van der Waals surface area contributed by atoms with Crippen molar-refractivity contribution in [3.8, 4) is 11.5 Å². The average molecular weight is 643 g/mol. The van der Waals surface area contributed by atoms with Crippen molar-refractivity contribution in [2.45, 2.75) is 52.9 Å². The average Bonchev–Trinajstić information content (AvgIpc) is 3.31. The first-order valence-electron chi connectivity index (χ1n) is 14.8. The summed E-state index contributed by atoms with van der Waals surface area (Å²) in [5.74, 6) is 0.786. The summed E-state index contributed by atoms with van der Waals surface area (Å²) in [7, 11) is 0. The summed E-state index contributed by atoms with van der Waals surface area (Å²) in [6, 6.07) is 20.0. The van der Waals surface area contributed by atoms with Gasteiger partial charge in [0, 0.05) is 16.1 Å². The minimum absolute atomic E-state index is 0.112. The Bertz CT molecular complexity index is 1960. The summed E-state index contributed by atoms with van der Waals surface area (Å²) >= 11 is 7.59. The Morgan fingerprint density at radius 3 is 2.58 bits per heavy atom. The van der Waals surface area contributed by atoms with E-state index in [0.717, 1.165) is 16.7 Å². The quantitative estimate of drug-likeness (QED) is 0.137. The zero-order valence-electron chi connectivity index (χ0n) is 25.7. The third-order valence-corrected chi connectivity index (χ3v) is 8.53. The van der Waals surface area contributed by atoms with Gasteiger partial charge in [-0.3, -0.25) is 9.36 Å². The maximum atomic E-state index is 14.1. The van der Waals surface area contributed by atoms with E-state index in [1.807, 2.05) is 92.7 Å². The number of esters is 1. The van der Waals surface area contributed by atoms with Gasteiger partial charge in [-0.15, -0.1) is 6.58 Å². The number of allylic oxidation sites excluding steroid dienone is 2. The first kappa shape index (κ1) is 32.0. The van der Waals surface area contributed by atoms with Gasteiger partial charge in [0.1, 0.15) is 24.1 Å². The predicted octanol–water partition coefficient (Wildman–Crippen LogP) is 6.55. The Kier molecular flexibility index (Phi) is 10.1. The van der Waals surface area contributed by atoms with E-state index < -0.39 is 12.0 Å². The van der Waals surface area contributed by atoms with E-state index in [9.17, 15) is 9.59 Å². The molecule has 5 rings (SSSR count). The number of rotatable bonds is 11. The molecule has 9 heteroatoms. The van der Waals surface area contributed by atoms with Crippen molar-refractivity contribution < 1.29 is 19.0 Å². The molecule has 0 aliphatic carbocycles. The van der Waals surface area contributed by atoms with Crippen LogP contribution in [-0.4, -0.2) is 23.2 Å². The highest BCUT2D eigenvalue weighted by Gasteiger charge is 2.35. The van der Waals surface area contributed by atoms with Gasteiger partial charge in [-0.25, -0.2) is 9.79 Å². The van der Waals surface area contributed by atoms with Crippen LogP contribution in [0.3, 0.4) is 0 Å². The molecule has 3 aromatic carbocycles. The number of ether oxygens (including phenoxy) is 3. The number of hydrogen-bond acceptors (Lipinski definition) is 7. The molecule has 0 saturated carbocycles.